The first-order valence-electron chi connectivity index (χ1n) is 7.38. The highest BCUT2D eigenvalue weighted by atomic mass is 19.4. The van der Waals surface area contributed by atoms with Crippen molar-refractivity contribution in [3.05, 3.63) is 53.1 Å². The summed E-state index contributed by atoms with van der Waals surface area (Å²) < 4.78 is 39.0. The number of para-hydroxylation sites is 1. The molecule has 24 heavy (non-hydrogen) atoms. The number of aryl methyl sites for hydroxylation is 1. The van der Waals surface area contributed by atoms with Gasteiger partial charge in [-0.25, -0.2) is 14.8 Å². The van der Waals surface area contributed by atoms with Gasteiger partial charge in [0.05, 0.1) is 23.5 Å². The molecule has 2 heterocycles. The van der Waals surface area contributed by atoms with Crippen LogP contribution in [0, 0.1) is 6.92 Å². The Morgan fingerprint density at radius 1 is 1.29 bits per heavy atom. The molecule has 0 saturated heterocycles. The largest absolute Gasteiger partial charge is 0.418 e. The lowest BCUT2D eigenvalue weighted by molar-refractivity contribution is -0.136. The predicted molar refractivity (Wildman–Crippen MR) is 81.3 cm³/mol. The van der Waals surface area contributed by atoms with Crippen LogP contribution in [0.25, 0.3) is 0 Å². The fourth-order valence-electron chi connectivity index (χ4n) is 2.62. The summed E-state index contributed by atoms with van der Waals surface area (Å²) in [5, 5.41) is 2.36. The monoisotopic (exact) mass is 336 g/mol. The summed E-state index contributed by atoms with van der Waals surface area (Å²) in [6, 6.07) is 4.35. The molecule has 1 aromatic carbocycles. The Morgan fingerprint density at radius 2 is 2.04 bits per heavy atom. The average Bonchev–Trinajstić information content (AvgIpc) is 2.53. The molecular formula is C16H15F3N4O. The number of carbonyl (C=O) groups excluding carboxylic acids is 1. The van der Waals surface area contributed by atoms with E-state index in [1.807, 2.05) is 0 Å². The first-order chi connectivity index (χ1) is 11.3. The number of alkyl halides is 3. The Morgan fingerprint density at radius 3 is 2.79 bits per heavy atom. The number of fused-ring (bicyclic) bond motifs is 1. The van der Waals surface area contributed by atoms with Crippen LogP contribution in [-0.2, 0) is 19.1 Å². The number of nitrogens with zero attached hydrogens (tertiary/aromatic N) is 3. The van der Waals surface area contributed by atoms with Crippen molar-refractivity contribution >= 4 is 11.7 Å². The van der Waals surface area contributed by atoms with Gasteiger partial charge in [0.1, 0.15) is 5.82 Å². The lowest BCUT2D eigenvalue weighted by Gasteiger charge is -2.28. The van der Waals surface area contributed by atoms with Crippen LogP contribution in [0.4, 0.5) is 23.7 Å². The van der Waals surface area contributed by atoms with E-state index in [1.165, 1.54) is 23.1 Å². The van der Waals surface area contributed by atoms with Crippen LogP contribution in [0.3, 0.4) is 0 Å². The molecule has 0 unspecified atom stereocenters. The zero-order chi connectivity index (χ0) is 17.3. The molecule has 0 bridgehead atoms. The molecular weight excluding hydrogens is 321 g/mol. The van der Waals surface area contributed by atoms with E-state index in [0.29, 0.717) is 18.8 Å². The van der Waals surface area contributed by atoms with Crippen LogP contribution in [0.5, 0.6) is 0 Å². The maximum atomic E-state index is 13.0. The van der Waals surface area contributed by atoms with E-state index in [2.05, 4.69) is 15.3 Å². The number of nitrogens with one attached hydrogen (secondary N) is 1. The van der Waals surface area contributed by atoms with Crippen molar-refractivity contribution in [3.8, 4) is 0 Å². The minimum Gasteiger partial charge on any atom is -0.320 e. The van der Waals surface area contributed by atoms with Gasteiger partial charge >= 0.3 is 12.2 Å². The van der Waals surface area contributed by atoms with Crippen molar-refractivity contribution in [2.75, 3.05) is 11.9 Å². The highest BCUT2D eigenvalue weighted by Gasteiger charge is 2.34. The van der Waals surface area contributed by atoms with Gasteiger partial charge in [0.15, 0.2) is 0 Å². The van der Waals surface area contributed by atoms with E-state index in [0.717, 1.165) is 17.3 Å². The highest BCUT2D eigenvalue weighted by Crippen LogP contribution is 2.34. The molecule has 126 valence electrons. The quantitative estimate of drug-likeness (QED) is 0.868. The summed E-state index contributed by atoms with van der Waals surface area (Å²) in [5.41, 5.74) is 0.573. The second kappa shape index (κ2) is 6.10. The summed E-state index contributed by atoms with van der Waals surface area (Å²) in [7, 11) is 0. The van der Waals surface area contributed by atoms with Crippen molar-refractivity contribution in [2.24, 2.45) is 0 Å². The van der Waals surface area contributed by atoms with E-state index in [-0.39, 0.29) is 12.2 Å². The molecule has 0 radical (unpaired) electrons. The van der Waals surface area contributed by atoms with Gasteiger partial charge in [0, 0.05) is 24.7 Å². The number of carbonyl (C=O) groups is 1. The van der Waals surface area contributed by atoms with Crippen LogP contribution in [0.1, 0.15) is 22.6 Å². The van der Waals surface area contributed by atoms with Gasteiger partial charge in [-0.3, -0.25) is 0 Å². The molecule has 0 saturated carbocycles. The van der Waals surface area contributed by atoms with Crippen molar-refractivity contribution < 1.29 is 18.0 Å². The SMILES string of the molecule is Cc1ncc2c(n1)CCN(C(=O)Nc1ccccc1C(F)(F)F)C2. The molecule has 2 aromatic rings. The van der Waals surface area contributed by atoms with Crippen LogP contribution in [0.2, 0.25) is 0 Å². The number of urea groups is 1. The number of aromatic nitrogens is 2. The number of benzene rings is 1. The van der Waals surface area contributed by atoms with E-state index in [9.17, 15) is 18.0 Å². The molecule has 0 spiro atoms. The van der Waals surface area contributed by atoms with E-state index < -0.39 is 17.8 Å². The van der Waals surface area contributed by atoms with Gasteiger partial charge in [0.2, 0.25) is 0 Å². The third kappa shape index (κ3) is 3.32. The molecule has 0 aliphatic carbocycles. The summed E-state index contributed by atoms with van der Waals surface area (Å²) >= 11 is 0. The third-order valence-electron chi connectivity index (χ3n) is 3.82. The topological polar surface area (TPSA) is 58.1 Å². The van der Waals surface area contributed by atoms with Gasteiger partial charge in [-0.1, -0.05) is 12.1 Å². The third-order valence-corrected chi connectivity index (χ3v) is 3.82. The molecule has 5 nitrogen and oxygen atoms in total. The lowest BCUT2D eigenvalue weighted by Crippen LogP contribution is -2.39. The van der Waals surface area contributed by atoms with Crippen molar-refractivity contribution in [1.29, 1.82) is 0 Å². The fraction of sp³-hybridized carbons (Fsp3) is 0.312. The summed E-state index contributed by atoms with van der Waals surface area (Å²) in [6.45, 7) is 2.45. The first-order valence-corrected chi connectivity index (χ1v) is 7.38. The Labute approximate surface area is 136 Å². The molecule has 3 rings (SSSR count). The first kappa shape index (κ1) is 16.2. The normalized spacial score (nSPS) is 14.2. The molecule has 1 aromatic heterocycles. The zero-order valence-electron chi connectivity index (χ0n) is 12.9. The standard InChI is InChI=1S/C16H15F3N4O/c1-10-20-8-11-9-23(7-6-13(11)21-10)15(24)22-14-5-3-2-4-12(14)16(17,18)19/h2-5,8H,6-7,9H2,1H3,(H,22,24). The Bertz CT molecular complexity index is 776. The summed E-state index contributed by atoms with van der Waals surface area (Å²) in [6.07, 6.45) is -2.32. The van der Waals surface area contributed by atoms with Crippen molar-refractivity contribution in [1.82, 2.24) is 14.9 Å². The Balaban J connectivity index is 1.76. The minimum atomic E-state index is -4.52. The van der Waals surface area contributed by atoms with Gasteiger partial charge in [-0.05, 0) is 19.1 Å². The number of rotatable bonds is 1. The van der Waals surface area contributed by atoms with Gasteiger partial charge in [-0.15, -0.1) is 0 Å². The lowest BCUT2D eigenvalue weighted by atomic mass is 10.1. The summed E-state index contributed by atoms with van der Waals surface area (Å²) in [4.78, 5) is 22.2. The number of anilines is 1. The minimum absolute atomic E-state index is 0.249. The van der Waals surface area contributed by atoms with Crippen LogP contribution in [-0.4, -0.2) is 27.4 Å². The van der Waals surface area contributed by atoms with E-state index in [4.69, 9.17) is 0 Å². The smallest absolute Gasteiger partial charge is 0.320 e. The predicted octanol–water partition coefficient (Wildman–Crippen LogP) is 3.39. The average molecular weight is 336 g/mol. The van der Waals surface area contributed by atoms with Crippen molar-refractivity contribution in [3.63, 3.8) is 0 Å². The fourth-order valence-corrected chi connectivity index (χ4v) is 2.62. The van der Waals surface area contributed by atoms with Crippen LogP contribution < -0.4 is 5.32 Å². The number of hydrogen-bond donors (Lipinski definition) is 1. The molecule has 0 fully saturated rings. The zero-order valence-corrected chi connectivity index (χ0v) is 12.9. The number of halogens is 3. The van der Waals surface area contributed by atoms with E-state index >= 15 is 0 Å². The molecule has 0 atom stereocenters. The maximum Gasteiger partial charge on any atom is 0.418 e. The Kier molecular flexibility index (Phi) is 4.13. The molecule has 1 aliphatic heterocycles. The van der Waals surface area contributed by atoms with Gasteiger partial charge in [0.25, 0.3) is 0 Å². The highest BCUT2D eigenvalue weighted by molar-refractivity contribution is 5.90. The second-order valence-electron chi connectivity index (χ2n) is 5.53. The number of amides is 2. The van der Waals surface area contributed by atoms with Crippen LogP contribution >= 0.6 is 0 Å². The van der Waals surface area contributed by atoms with E-state index in [1.54, 1.807) is 13.1 Å². The molecule has 1 N–H and O–H groups in total. The maximum absolute atomic E-state index is 13.0. The van der Waals surface area contributed by atoms with Crippen molar-refractivity contribution in [2.45, 2.75) is 26.1 Å². The Hall–Kier alpha value is -2.64. The molecule has 2 amide bonds. The van der Waals surface area contributed by atoms with Gasteiger partial charge in [-0.2, -0.15) is 13.2 Å². The molecule has 8 heteroatoms. The molecule has 1 aliphatic rings. The number of hydrogen-bond acceptors (Lipinski definition) is 3. The van der Waals surface area contributed by atoms with Gasteiger partial charge < -0.3 is 10.2 Å². The van der Waals surface area contributed by atoms with Crippen LogP contribution in [0.15, 0.2) is 30.5 Å². The second-order valence-corrected chi connectivity index (χ2v) is 5.53. The summed E-state index contributed by atoms with van der Waals surface area (Å²) in [5.74, 6) is 0.658.